The Hall–Kier alpha value is -2.93. The smallest absolute Gasteiger partial charge is 0.411 e. The molecule has 0 aliphatic heterocycles. The number of anilines is 1. The van der Waals surface area contributed by atoms with E-state index in [1.807, 2.05) is 31.2 Å². The third-order valence-electron chi connectivity index (χ3n) is 4.20. The number of nitrogens with zero attached hydrogens (tertiary/aromatic N) is 2. The Balaban J connectivity index is 1.77. The molecule has 1 aromatic heterocycles. The van der Waals surface area contributed by atoms with E-state index in [-0.39, 0.29) is 18.6 Å². The number of carbonyl (C=O) groups excluding carboxylic acids is 2. The van der Waals surface area contributed by atoms with Crippen LogP contribution in [-0.4, -0.2) is 35.5 Å². The molecule has 0 unspecified atom stereocenters. The lowest BCUT2D eigenvalue weighted by Gasteiger charge is -2.23. The normalized spacial score (nSPS) is 11.8. The highest BCUT2D eigenvalue weighted by atomic mass is 32.1. The number of aromatic nitrogens is 1. The van der Waals surface area contributed by atoms with E-state index in [0.29, 0.717) is 11.3 Å². The molecule has 0 fully saturated rings. The SMILES string of the molecule is CCOC(=O)Nc1cccc(C(=O)N(C)[C@@H](C)c2nc3ccccc3s2)c1. The highest BCUT2D eigenvalue weighted by Gasteiger charge is 2.22. The molecule has 0 saturated carbocycles. The van der Waals surface area contributed by atoms with E-state index in [4.69, 9.17) is 4.74 Å². The molecule has 3 rings (SSSR count). The van der Waals surface area contributed by atoms with Crippen molar-refractivity contribution in [2.45, 2.75) is 19.9 Å². The number of nitrogens with one attached hydrogen (secondary N) is 1. The lowest BCUT2D eigenvalue weighted by atomic mass is 10.1. The number of ether oxygens (including phenoxy) is 1. The fourth-order valence-electron chi connectivity index (χ4n) is 2.63. The highest BCUT2D eigenvalue weighted by molar-refractivity contribution is 7.18. The van der Waals surface area contributed by atoms with Gasteiger partial charge in [0.15, 0.2) is 0 Å². The molecule has 0 aliphatic carbocycles. The molecule has 1 atom stereocenters. The van der Waals surface area contributed by atoms with Crippen LogP contribution in [0.5, 0.6) is 0 Å². The Morgan fingerprint density at radius 2 is 2.00 bits per heavy atom. The van der Waals surface area contributed by atoms with Crippen molar-refractivity contribution in [3.05, 3.63) is 59.1 Å². The number of fused-ring (bicyclic) bond motifs is 1. The first-order chi connectivity index (χ1) is 13.0. The van der Waals surface area contributed by atoms with Gasteiger partial charge in [0.1, 0.15) is 5.01 Å². The molecule has 27 heavy (non-hydrogen) atoms. The summed E-state index contributed by atoms with van der Waals surface area (Å²) in [7, 11) is 1.75. The average Bonchev–Trinajstić information content (AvgIpc) is 3.10. The van der Waals surface area contributed by atoms with E-state index in [1.54, 1.807) is 54.5 Å². The number of amides is 2. The standard InChI is InChI=1S/C20H21N3O3S/c1-4-26-20(25)21-15-9-7-8-14(12-15)19(24)23(3)13(2)18-22-16-10-5-6-11-17(16)27-18/h5-13H,4H2,1-3H3,(H,21,25)/t13-/m0/s1. The summed E-state index contributed by atoms with van der Waals surface area (Å²) in [4.78, 5) is 30.8. The quantitative estimate of drug-likeness (QED) is 0.693. The summed E-state index contributed by atoms with van der Waals surface area (Å²) in [5, 5.41) is 3.50. The van der Waals surface area contributed by atoms with Crippen LogP contribution in [0, 0.1) is 0 Å². The van der Waals surface area contributed by atoms with Crippen molar-refractivity contribution < 1.29 is 14.3 Å². The molecule has 2 amide bonds. The summed E-state index contributed by atoms with van der Waals surface area (Å²) in [6.07, 6.45) is -0.543. The molecular weight excluding hydrogens is 362 g/mol. The summed E-state index contributed by atoms with van der Waals surface area (Å²) in [5.74, 6) is -0.144. The number of hydrogen-bond donors (Lipinski definition) is 1. The predicted molar refractivity (Wildman–Crippen MR) is 107 cm³/mol. The van der Waals surface area contributed by atoms with Crippen LogP contribution in [0.4, 0.5) is 10.5 Å². The van der Waals surface area contributed by atoms with Gasteiger partial charge in [-0.25, -0.2) is 9.78 Å². The van der Waals surface area contributed by atoms with Crippen LogP contribution in [0.3, 0.4) is 0 Å². The van der Waals surface area contributed by atoms with Gasteiger partial charge in [0.05, 0.1) is 22.9 Å². The van der Waals surface area contributed by atoms with Crippen molar-refractivity contribution in [1.29, 1.82) is 0 Å². The minimum absolute atomic E-state index is 0.144. The van der Waals surface area contributed by atoms with Crippen molar-refractivity contribution >= 4 is 39.2 Å². The van der Waals surface area contributed by atoms with Crippen molar-refractivity contribution in [2.24, 2.45) is 0 Å². The third-order valence-corrected chi connectivity index (χ3v) is 5.41. The van der Waals surface area contributed by atoms with Gasteiger partial charge in [-0.05, 0) is 44.2 Å². The maximum absolute atomic E-state index is 12.9. The maximum Gasteiger partial charge on any atom is 0.411 e. The first-order valence-corrected chi connectivity index (χ1v) is 9.47. The van der Waals surface area contributed by atoms with Crippen LogP contribution in [0.2, 0.25) is 0 Å². The minimum atomic E-state index is -0.543. The lowest BCUT2D eigenvalue weighted by Crippen LogP contribution is -2.29. The van der Waals surface area contributed by atoms with Crippen LogP contribution in [0.15, 0.2) is 48.5 Å². The van der Waals surface area contributed by atoms with Crippen LogP contribution >= 0.6 is 11.3 Å². The summed E-state index contributed by atoms with van der Waals surface area (Å²) >= 11 is 1.58. The number of carbonyl (C=O) groups is 2. The van der Waals surface area contributed by atoms with Crippen LogP contribution in [0.25, 0.3) is 10.2 Å². The number of benzene rings is 2. The van der Waals surface area contributed by atoms with Crippen LogP contribution < -0.4 is 5.32 Å². The van der Waals surface area contributed by atoms with Gasteiger partial charge in [-0.15, -0.1) is 11.3 Å². The number of rotatable bonds is 5. The van der Waals surface area contributed by atoms with Crippen molar-refractivity contribution in [3.8, 4) is 0 Å². The number of hydrogen-bond acceptors (Lipinski definition) is 5. The second kappa shape index (κ2) is 8.18. The zero-order valence-electron chi connectivity index (χ0n) is 15.4. The molecule has 0 radical (unpaired) electrons. The topological polar surface area (TPSA) is 71.5 Å². The monoisotopic (exact) mass is 383 g/mol. The predicted octanol–water partition coefficient (Wildman–Crippen LogP) is 4.70. The fraction of sp³-hybridized carbons (Fsp3) is 0.250. The first kappa shape index (κ1) is 18.8. The van der Waals surface area contributed by atoms with Crippen molar-refractivity contribution in [2.75, 3.05) is 19.0 Å². The molecule has 0 saturated heterocycles. The van der Waals surface area contributed by atoms with Gasteiger partial charge in [0.25, 0.3) is 5.91 Å². The fourth-order valence-corrected chi connectivity index (χ4v) is 3.69. The molecule has 1 heterocycles. The molecule has 0 spiro atoms. The summed E-state index contributed by atoms with van der Waals surface area (Å²) in [6.45, 7) is 3.97. The minimum Gasteiger partial charge on any atom is -0.450 e. The number of thiazole rings is 1. The van der Waals surface area contributed by atoms with Gasteiger partial charge >= 0.3 is 6.09 Å². The second-order valence-electron chi connectivity index (χ2n) is 6.04. The Kier molecular flexibility index (Phi) is 5.71. The molecular formula is C20H21N3O3S. The first-order valence-electron chi connectivity index (χ1n) is 8.66. The zero-order chi connectivity index (χ0) is 19.4. The average molecular weight is 383 g/mol. The molecule has 0 aliphatic rings. The van der Waals surface area contributed by atoms with E-state index in [0.717, 1.165) is 15.2 Å². The summed E-state index contributed by atoms with van der Waals surface area (Å²) in [6, 6.07) is 14.6. The van der Waals surface area contributed by atoms with Crippen LogP contribution in [0.1, 0.15) is 35.3 Å². The van der Waals surface area contributed by atoms with Gasteiger partial charge in [-0.3, -0.25) is 10.1 Å². The Morgan fingerprint density at radius 1 is 1.22 bits per heavy atom. The molecule has 3 aromatic rings. The molecule has 2 aromatic carbocycles. The van der Waals surface area contributed by atoms with Gasteiger partial charge in [-0.1, -0.05) is 18.2 Å². The van der Waals surface area contributed by atoms with E-state index < -0.39 is 6.09 Å². The maximum atomic E-state index is 12.9. The van der Waals surface area contributed by atoms with E-state index >= 15 is 0 Å². The van der Waals surface area contributed by atoms with Gasteiger partial charge < -0.3 is 9.64 Å². The Bertz CT molecular complexity index is 937. The van der Waals surface area contributed by atoms with Gasteiger partial charge in [0.2, 0.25) is 0 Å². The van der Waals surface area contributed by atoms with Crippen molar-refractivity contribution in [3.63, 3.8) is 0 Å². The lowest BCUT2D eigenvalue weighted by molar-refractivity contribution is 0.0742. The third kappa shape index (κ3) is 4.25. The van der Waals surface area contributed by atoms with E-state index in [9.17, 15) is 9.59 Å². The van der Waals surface area contributed by atoms with Gasteiger partial charge in [-0.2, -0.15) is 0 Å². The van der Waals surface area contributed by atoms with Crippen molar-refractivity contribution in [1.82, 2.24) is 9.88 Å². The number of para-hydroxylation sites is 1. The molecule has 140 valence electrons. The summed E-state index contributed by atoms with van der Waals surface area (Å²) < 4.78 is 5.96. The second-order valence-corrected chi connectivity index (χ2v) is 7.10. The molecule has 0 bridgehead atoms. The Labute approximate surface area is 161 Å². The zero-order valence-corrected chi connectivity index (χ0v) is 16.2. The largest absolute Gasteiger partial charge is 0.450 e. The Morgan fingerprint density at radius 3 is 2.74 bits per heavy atom. The summed E-state index contributed by atoms with van der Waals surface area (Å²) in [5.41, 5.74) is 1.94. The highest BCUT2D eigenvalue weighted by Crippen LogP contribution is 2.29. The van der Waals surface area contributed by atoms with E-state index in [2.05, 4.69) is 10.3 Å². The van der Waals surface area contributed by atoms with Gasteiger partial charge in [0, 0.05) is 18.3 Å². The molecule has 1 N–H and O–H groups in total. The van der Waals surface area contributed by atoms with Crippen LogP contribution in [-0.2, 0) is 4.74 Å². The van der Waals surface area contributed by atoms with E-state index in [1.165, 1.54) is 0 Å². The molecule has 6 nitrogen and oxygen atoms in total. The molecule has 7 heteroatoms.